The number of nitrogens with two attached hydrogens (primary N) is 2. The molecule has 13 heteroatoms. The van der Waals surface area contributed by atoms with Gasteiger partial charge in [-0.05, 0) is 0 Å². The van der Waals surface area contributed by atoms with Gasteiger partial charge in [-0.1, -0.05) is 58.7 Å². The van der Waals surface area contributed by atoms with Crippen LogP contribution in [-0.4, -0.2) is 19.8 Å². The largest absolute Gasteiger partial charge is 0.375 e. The lowest BCUT2D eigenvalue weighted by atomic mass is 10.1. The van der Waals surface area contributed by atoms with Crippen molar-refractivity contribution in [3.63, 3.8) is 0 Å². The number of benzene rings is 2. The Labute approximate surface area is 186 Å². The molecule has 0 saturated carbocycles. The molecule has 156 valence electrons. The predicted octanol–water partition coefficient (Wildman–Crippen LogP) is 5.07. The average Bonchev–Trinajstić information content (AvgIpc) is 3.30. The Morgan fingerprint density at radius 2 is 1.19 bits per heavy atom. The molecule has 0 aliphatic carbocycles. The topological polar surface area (TPSA) is 164 Å². The summed E-state index contributed by atoms with van der Waals surface area (Å²) in [4.78, 5) is 30.0. The van der Waals surface area contributed by atoms with Gasteiger partial charge in [0.15, 0.2) is 10.3 Å². The maximum atomic E-state index is 11.1. The maximum Gasteiger partial charge on any atom is 0.270 e. The van der Waals surface area contributed by atoms with Crippen LogP contribution < -0.4 is 11.5 Å². The second-order valence-electron chi connectivity index (χ2n) is 6.09. The van der Waals surface area contributed by atoms with Gasteiger partial charge in [0.25, 0.3) is 11.4 Å². The zero-order chi connectivity index (χ0) is 22.1. The third-order valence-corrected chi connectivity index (χ3v) is 7.19. The molecular formula is C18H12N6O4S3. The van der Waals surface area contributed by atoms with Gasteiger partial charge in [-0.15, -0.1) is 0 Å². The first-order valence-electron chi connectivity index (χ1n) is 8.52. The molecule has 0 atom stereocenters. The molecule has 31 heavy (non-hydrogen) atoms. The molecule has 4 N–H and O–H groups in total. The van der Waals surface area contributed by atoms with Crippen LogP contribution in [0.1, 0.15) is 0 Å². The molecular weight excluding hydrogens is 460 g/mol. The van der Waals surface area contributed by atoms with Crippen LogP contribution in [0.5, 0.6) is 0 Å². The van der Waals surface area contributed by atoms with Gasteiger partial charge < -0.3 is 11.5 Å². The Morgan fingerprint density at radius 3 is 1.58 bits per heavy atom. The van der Waals surface area contributed by atoms with E-state index in [0.29, 0.717) is 41.2 Å². The van der Waals surface area contributed by atoms with Crippen molar-refractivity contribution < 1.29 is 9.85 Å². The van der Waals surface area contributed by atoms with Crippen molar-refractivity contribution in [3.05, 3.63) is 68.8 Å². The Kier molecular flexibility index (Phi) is 5.54. The summed E-state index contributed by atoms with van der Waals surface area (Å²) >= 11 is 3.77. The number of thiazole rings is 2. The first-order chi connectivity index (χ1) is 14.8. The second kappa shape index (κ2) is 8.29. The molecule has 0 amide bonds. The summed E-state index contributed by atoms with van der Waals surface area (Å²) in [5, 5.41) is 22.9. The van der Waals surface area contributed by atoms with Gasteiger partial charge in [-0.3, -0.25) is 20.2 Å². The predicted molar refractivity (Wildman–Crippen MR) is 121 cm³/mol. The van der Waals surface area contributed by atoms with Crippen molar-refractivity contribution in [2.45, 2.75) is 8.42 Å². The first kappa shape index (κ1) is 20.7. The minimum Gasteiger partial charge on any atom is -0.375 e. The lowest BCUT2D eigenvalue weighted by Gasteiger charge is -2.04. The summed E-state index contributed by atoms with van der Waals surface area (Å²) in [6.45, 7) is 0. The highest BCUT2D eigenvalue weighted by Crippen LogP contribution is 2.47. The Balaban J connectivity index is 1.76. The number of hydrogen-bond donors (Lipinski definition) is 2. The zero-order valence-electron chi connectivity index (χ0n) is 15.4. The second-order valence-corrected chi connectivity index (χ2v) is 9.69. The molecule has 0 radical (unpaired) electrons. The smallest absolute Gasteiger partial charge is 0.270 e. The van der Waals surface area contributed by atoms with Gasteiger partial charge in [0.2, 0.25) is 0 Å². The molecule has 0 fully saturated rings. The molecule has 0 unspecified atom stereocenters. The molecule has 4 rings (SSSR count). The zero-order valence-corrected chi connectivity index (χ0v) is 17.9. The molecule has 0 saturated heterocycles. The van der Waals surface area contributed by atoms with E-state index in [1.54, 1.807) is 24.3 Å². The van der Waals surface area contributed by atoms with E-state index in [2.05, 4.69) is 9.97 Å². The number of nitro groups is 2. The van der Waals surface area contributed by atoms with Crippen molar-refractivity contribution in [1.82, 2.24) is 9.97 Å². The summed E-state index contributed by atoms with van der Waals surface area (Å²) in [6.07, 6.45) is 0. The lowest BCUT2D eigenvalue weighted by molar-refractivity contribution is -0.385. The van der Waals surface area contributed by atoms with Gasteiger partial charge in [0.05, 0.1) is 29.7 Å². The van der Waals surface area contributed by atoms with E-state index in [0.717, 1.165) is 0 Å². The van der Waals surface area contributed by atoms with Crippen LogP contribution in [0.4, 0.5) is 21.6 Å². The Bertz CT molecular complexity index is 1220. The van der Waals surface area contributed by atoms with Crippen LogP contribution in [-0.2, 0) is 0 Å². The average molecular weight is 473 g/mol. The van der Waals surface area contributed by atoms with Gasteiger partial charge in [-0.25, -0.2) is 9.97 Å². The van der Waals surface area contributed by atoms with E-state index in [4.69, 9.17) is 11.5 Å². The van der Waals surface area contributed by atoms with Gasteiger partial charge in [0, 0.05) is 35.4 Å². The van der Waals surface area contributed by atoms with Crippen LogP contribution in [0.15, 0.2) is 56.9 Å². The minimum absolute atomic E-state index is 0.0562. The third-order valence-electron chi connectivity index (χ3n) is 4.07. The van der Waals surface area contributed by atoms with E-state index >= 15 is 0 Å². The summed E-state index contributed by atoms with van der Waals surface area (Å²) < 4.78 is 1.40. The van der Waals surface area contributed by atoms with Gasteiger partial charge in [-0.2, -0.15) is 0 Å². The number of hydrogen-bond acceptors (Lipinski definition) is 11. The fourth-order valence-corrected chi connectivity index (χ4v) is 6.13. The molecule has 0 bridgehead atoms. The van der Waals surface area contributed by atoms with Crippen molar-refractivity contribution in [3.8, 4) is 22.5 Å². The van der Waals surface area contributed by atoms with Crippen molar-refractivity contribution in [1.29, 1.82) is 0 Å². The molecule has 2 aromatic heterocycles. The van der Waals surface area contributed by atoms with E-state index in [1.165, 1.54) is 58.7 Å². The quantitative estimate of drug-likeness (QED) is 0.288. The summed E-state index contributed by atoms with van der Waals surface area (Å²) in [7, 11) is 0. The molecule has 10 nitrogen and oxygen atoms in total. The van der Waals surface area contributed by atoms with Crippen LogP contribution in [0.25, 0.3) is 22.5 Å². The Morgan fingerprint density at radius 1 is 0.774 bits per heavy atom. The highest BCUT2D eigenvalue weighted by atomic mass is 32.2. The molecule has 4 aromatic rings. The molecule has 0 aliphatic rings. The van der Waals surface area contributed by atoms with E-state index in [-0.39, 0.29) is 11.4 Å². The SMILES string of the molecule is Nc1nc(-c2cccc([N+](=O)[O-])c2)c(Sc2sc(N)nc2-c2cccc([N+](=O)[O-])c2)s1. The summed E-state index contributed by atoms with van der Waals surface area (Å²) in [5.41, 5.74) is 13.9. The van der Waals surface area contributed by atoms with E-state index in [9.17, 15) is 20.2 Å². The van der Waals surface area contributed by atoms with Gasteiger partial charge >= 0.3 is 0 Å². The molecule has 2 aromatic carbocycles. The van der Waals surface area contributed by atoms with Crippen LogP contribution >= 0.6 is 34.4 Å². The number of aromatic nitrogens is 2. The highest BCUT2D eigenvalue weighted by Gasteiger charge is 2.21. The monoisotopic (exact) mass is 472 g/mol. The number of nitro benzene ring substituents is 2. The first-order valence-corrected chi connectivity index (χ1v) is 11.0. The standard InChI is InChI=1S/C18H12N6O4S3/c19-17-21-13(9-3-1-5-11(7-9)23(25)26)15(30-17)29-16-14(22-18(20)31-16)10-4-2-6-12(8-10)24(27)28/h1-8H,(H2,19,21)(H2,20,22). The van der Waals surface area contributed by atoms with Crippen molar-refractivity contribution in [2.75, 3.05) is 11.5 Å². The molecule has 0 spiro atoms. The third kappa shape index (κ3) is 4.33. The fraction of sp³-hybridized carbons (Fsp3) is 0. The van der Waals surface area contributed by atoms with Gasteiger partial charge in [0.1, 0.15) is 0 Å². The van der Waals surface area contributed by atoms with E-state index < -0.39 is 9.85 Å². The fourth-order valence-electron chi connectivity index (χ4n) is 2.76. The van der Waals surface area contributed by atoms with Crippen LogP contribution in [0, 0.1) is 20.2 Å². The number of non-ortho nitro benzene ring substituents is 2. The number of nitrogens with zero attached hydrogens (tertiary/aromatic N) is 4. The number of anilines is 2. The normalized spacial score (nSPS) is 10.8. The summed E-state index contributed by atoms with van der Waals surface area (Å²) in [5.74, 6) is 0. The summed E-state index contributed by atoms with van der Waals surface area (Å²) in [6, 6.07) is 12.3. The van der Waals surface area contributed by atoms with Crippen LogP contribution in [0.2, 0.25) is 0 Å². The minimum atomic E-state index is -0.476. The molecule has 0 aliphatic heterocycles. The maximum absolute atomic E-state index is 11.1. The lowest BCUT2D eigenvalue weighted by Crippen LogP contribution is -1.90. The molecule has 2 heterocycles. The van der Waals surface area contributed by atoms with Crippen LogP contribution in [0.3, 0.4) is 0 Å². The van der Waals surface area contributed by atoms with Crippen molar-refractivity contribution in [2.24, 2.45) is 0 Å². The number of nitrogen functional groups attached to an aromatic ring is 2. The highest BCUT2D eigenvalue weighted by molar-refractivity contribution is 8.03. The van der Waals surface area contributed by atoms with E-state index in [1.807, 2.05) is 0 Å². The Hall–Kier alpha value is -3.55. The number of rotatable bonds is 6. The van der Waals surface area contributed by atoms with Crippen molar-refractivity contribution >= 4 is 56.1 Å².